The minimum Gasteiger partial charge on any atom is -0.484 e. The number of guanidine groups is 1. The van der Waals surface area contributed by atoms with Crippen LogP contribution in [0.4, 0.5) is 0 Å². The standard InChI is InChI=1S/C21H31N7O2.HI/c1-3-19-27-25-15-28(19)13-12-24-21(22-2)23-11-10-16-4-8-18(9-5-16)30-14-20(29)26-17-6-7-17;/h4-5,8-9,15,17H,3,6-7,10-14H2,1-2H3,(H,26,29)(H2,22,23,24);1H. The number of hydrogen-bond acceptors (Lipinski definition) is 5. The molecule has 170 valence electrons. The maximum absolute atomic E-state index is 11.7. The second kappa shape index (κ2) is 13.1. The molecule has 1 aliphatic carbocycles. The molecule has 0 atom stereocenters. The highest BCUT2D eigenvalue weighted by Crippen LogP contribution is 2.18. The number of hydrogen-bond donors (Lipinski definition) is 3. The van der Waals surface area contributed by atoms with E-state index in [-0.39, 0.29) is 36.5 Å². The van der Waals surface area contributed by atoms with Crippen molar-refractivity contribution in [2.45, 2.75) is 45.2 Å². The molecule has 31 heavy (non-hydrogen) atoms. The zero-order valence-corrected chi connectivity index (χ0v) is 20.5. The number of benzene rings is 1. The summed E-state index contributed by atoms with van der Waals surface area (Å²) in [5.74, 6) is 2.40. The van der Waals surface area contributed by atoms with E-state index >= 15 is 0 Å². The molecule has 1 aromatic carbocycles. The van der Waals surface area contributed by atoms with Gasteiger partial charge in [-0.15, -0.1) is 34.2 Å². The number of aliphatic imine (C=N–C) groups is 1. The lowest BCUT2D eigenvalue weighted by Crippen LogP contribution is -2.39. The Balaban J connectivity index is 0.00000341. The number of nitrogens with one attached hydrogen (secondary N) is 3. The predicted molar refractivity (Wildman–Crippen MR) is 131 cm³/mol. The van der Waals surface area contributed by atoms with Gasteiger partial charge in [0.1, 0.15) is 17.9 Å². The highest BCUT2D eigenvalue weighted by molar-refractivity contribution is 14.0. The first-order valence-electron chi connectivity index (χ1n) is 10.5. The summed E-state index contributed by atoms with van der Waals surface area (Å²) in [4.78, 5) is 15.9. The fourth-order valence-corrected chi connectivity index (χ4v) is 2.98. The van der Waals surface area contributed by atoms with Crippen LogP contribution in [-0.2, 0) is 24.2 Å². The van der Waals surface area contributed by atoms with Crippen LogP contribution in [0, 0.1) is 0 Å². The Kier molecular flexibility index (Phi) is 10.5. The zero-order chi connectivity index (χ0) is 21.2. The first-order chi connectivity index (χ1) is 14.7. The number of aryl methyl sites for hydroxylation is 1. The van der Waals surface area contributed by atoms with Crippen molar-refractivity contribution in [1.29, 1.82) is 0 Å². The van der Waals surface area contributed by atoms with Gasteiger partial charge in [-0.25, -0.2) is 0 Å². The van der Waals surface area contributed by atoms with Gasteiger partial charge in [-0.3, -0.25) is 9.79 Å². The van der Waals surface area contributed by atoms with Crippen molar-refractivity contribution >= 4 is 35.8 Å². The number of nitrogens with zero attached hydrogens (tertiary/aromatic N) is 4. The second-order valence-corrected chi connectivity index (χ2v) is 7.24. The highest BCUT2D eigenvalue weighted by Gasteiger charge is 2.23. The normalized spacial score (nSPS) is 13.3. The van der Waals surface area contributed by atoms with Crippen LogP contribution in [-0.4, -0.2) is 59.4 Å². The predicted octanol–water partition coefficient (Wildman–Crippen LogP) is 1.52. The van der Waals surface area contributed by atoms with Gasteiger partial charge in [-0.1, -0.05) is 19.1 Å². The van der Waals surface area contributed by atoms with Crippen molar-refractivity contribution in [2.75, 3.05) is 26.7 Å². The van der Waals surface area contributed by atoms with Gasteiger partial charge in [0.15, 0.2) is 12.6 Å². The average molecular weight is 541 g/mol. The van der Waals surface area contributed by atoms with Gasteiger partial charge in [0.2, 0.25) is 0 Å². The van der Waals surface area contributed by atoms with E-state index in [1.807, 2.05) is 28.8 Å². The van der Waals surface area contributed by atoms with Crippen LogP contribution < -0.4 is 20.7 Å². The number of aromatic nitrogens is 3. The third-order valence-corrected chi connectivity index (χ3v) is 4.82. The van der Waals surface area contributed by atoms with Crippen molar-refractivity contribution < 1.29 is 9.53 Å². The average Bonchev–Trinajstić information content (AvgIpc) is 3.46. The summed E-state index contributed by atoms with van der Waals surface area (Å²) in [5, 5.41) is 17.6. The minimum absolute atomic E-state index is 0. The molecule has 1 saturated carbocycles. The van der Waals surface area contributed by atoms with E-state index in [0.29, 0.717) is 11.8 Å². The smallest absolute Gasteiger partial charge is 0.258 e. The van der Waals surface area contributed by atoms with Gasteiger partial charge >= 0.3 is 0 Å². The van der Waals surface area contributed by atoms with Gasteiger partial charge in [-0.2, -0.15) is 0 Å². The number of rotatable bonds is 11. The van der Waals surface area contributed by atoms with Gasteiger partial charge in [0.05, 0.1) is 0 Å². The molecule has 0 radical (unpaired) electrons. The zero-order valence-electron chi connectivity index (χ0n) is 18.1. The van der Waals surface area contributed by atoms with E-state index in [4.69, 9.17) is 4.74 Å². The van der Waals surface area contributed by atoms with Crippen molar-refractivity contribution in [3.63, 3.8) is 0 Å². The molecule has 1 amide bonds. The molecule has 0 saturated heterocycles. The molecule has 10 heteroatoms. The molecule has 3 N–H and O–H groups in total. The number of amides is 1. The van der Waals surface area contributed by atoms with E-state index in [0.717, 1.165) is 57.1 Å². The third-order valence-electron chi connectivity index (χ3n) is 4.82. The van der Waals surface area contributed by atoms with E-state index in [9.17, 15) is 4.79 Å². The Morgan fingerprint density at radius 1 is 1.23 bits per heavy atom. The van der Waals surface area contributed by atoms with Crippen LogP contribution in [0.25, 0.3) is 0 Å². The highest BCUT2D eigenvalue weighted by atomic mass is 127. The van der Waals surface area contributed by atoms with Gasteiger partial charge < -0.3 is 25.3 Å². The maximum atomic E-state index is 11.7. The van der Waals surface area contributed by atoms with E-state index in [1.54, 1.807) is 13.4 Å². The Morgan fingerprint density at radius 2 is 1.97 bits per heavy atom. The fraction of sp³-hybridized carbons (Fsp3) is 0.524. The molecule has 1 heterocycles. The number of carbonyl (C=O) groups excluding carboxylic acids is 1. The van der Waals surface area contributed by atoms with Crippen molar-refractivity contribution in [2.24, 2.45) is 4.99 Å². The summed E-state index contributed by atoms with van der Waals surface area (Å²) in [6, 6.07) is 8.20. The third kappa shape index (κ3) is 8.72. The summed E-state index contributed by atoms with van der Waals surface area (Å²) < 4.78 is 7.58. The van der Waals surface area contributed by atoms with Crippen LogP contribution in [0.5, 0.6) is 5.75 Å². The van der Waals surface area contributed by atoms with Gasteiger partial charge in [0.25, 0.3) is 5.91 Å². The minimum atomic E-state index is -0.0557. The second-order valence-electron chi connectivity index (χ2n) is 7.24. The molecule has 1 aliphatic rings. The molecule has 0 aliphatic heterocycles. The summed E-state index contributed by atoms with van der Waals surface area (Å²) in [6.45, 7) is 4.42. The van der Waals surface area contributed by atoms with Crippen molar-refractivity contribution in [3.8, 4) is 5.75 Å². The molecular formula is C21H32IN7O2. The number of ether oxygens (including phenoxy) is 1. The number of carbonyl (C=O) groups is 1. The van der Waals surface area contributed by atoms with Crippen LogP contribution in [0.1, 0.15) is 31.2 Å². The molecule has 3 rings (SSSR count). The molecule has 0 unspecified atom stereocenters. The molecule has 9 nitrogen and oxygen atoms in total. The Hall–Kier alpha value is -2.37. The monoisotopic (exact) mass is 541 g/mol. The Bertz CT molecular complexity index is 835. The quantitative estimate of drug-likeness (QED) is 0.227. The largest absolute Gasteiger partial charge is 0.484 e. The molecule has 0 bridgehead atoms. The van der Waals surface area contributed by atoms with Crippen LogP contribution in [0.3, 0.4) is 0 Å². The van der Waals surface area contributed by atoms with E-state index in [1.165, 1.54) is 5.56 Å². The van der Waals surface area contributed by atoms with Crippen molar-refractivity contribution in [3.05, 3.63) is 42.0 Å². The summed E-state index contributed by atoms with van der Waals surface area (Å²) in [5.41, 5.74) is 1.19. The SMILES string of the molecule is CCc1nncn1CCNC(=NC)NCCc1ccc(OCC(=O)NC2CC2)cc1.I. The van der Waals surface area contributed by atoms with Gasteiger partial charge in [0, 0.05) is 39.1 Å². The van der Waals surface area contributed by atoms with Crippen LogP contribution in [0.15, 0.2) is 35.6 Å². The fourth-order valence-electron chi connectivity index (χ4n) is 2.98. The van der Waals surface area contributed by atoms with Crippen LogP contribution >= 0.6 is 24.0 Å². The molecular weight excluding hydrogens is 509 g/mol. The summed E-state index contributed by atoms with van der Waals surface area (Å²) >= 11 is 0. The lowest BCUT2D eigenvalue weighted by Gasteiger charge is -2.13. The van der Waals surface area contributed by atoms with E-state index < -0.39 is 0 Å². The Morgan fingerprint density at radius 3 is 2.65 bits per heavy atom. The van der Waals surface area contributed by atoms with E-state index in [2.05, 4.69) is 38.1 Å². The lowest BCUT2D eigenvalue weighted by atomic mass is 10.1. The number of halogens is 1. The first-order valence-corrected chi connectivity index (χ1v) is 10.5. The van der Waals surface area contributed by atoms with Gasteiger partial charge in [-0.05, 0) is 37.0 Å². The summed E-state index contributed by atoms with van der Waals surface area (Å²) in [6.07, 6.45) is 5.63. The van der Waals surface area contributed by atoms with Crippen LogP contribution in [0.2, 0.25) is 0 Å². The molecule has 1 fully saturated rings. The lowest BCUT2D eigenvalue weighted by molar-refractivity contribution is -0.123. The summed E-state index contributed by atoms with van der Waals surface area (Å²) in [7, 11) is 1.76. The Labute approximate surface area is 200 Å². The molecule has 0 spiro atoms. The maximum Gasteiger partial charge on any atom is 0.258 e. The van der Waals surface area contributed by atoms with Crippen molar-refractivity contribution in [1.82, 2.24) is 30.7 Å². The topological polar surface area (TPSA) is 105 Å². The molecule has 2 aromatic rings. The first kappa shape index (κ1) is 24.9. The molecule has 1 aromatic heterocycles.